The van der Waals surface area contributed by atoms with Crippen LogP contribution in [0.4, 0.5) is 10.5 Å². The molecule has 1 aliphatic heterocycles. The van der Waals surface area contributed by atoms with Crippen molar-refractivity contribution >= 4 is 23.3 Å². The van der Waals surface area contributed by atoms with Crippen LogP contribution in [0.25, 0.3) is 5.69 Å². The molecular weight excluding hydrogens is 374 g/mol. The molecule has 1 fully saturated rings. The third kappa shape index (κ3) is 4.12. The fourth-order valence-corrected chi connectivity index (χ4v) is 3.62. The van der Waals surface area contributed by atoms with E-state index in [0.29, 0.717) is 19.6 Å². The van der Waals surface area contributed by atoms with E-state index in [9.17, 15) is 4.79 Å². The number of urea groups is 1. The molecule has 0 radical (unpaired) electrons. The summed E-state index contributed by atoms with van der Waals surface area (Å²) < 4.78 is 1.95. The highest BCUT2D eigenvalue weighted by molar-refractivity contribution is 6.30. The van der Waals surface area contributed by atoms with Crippen LogP contribution in [0.2, 0.25) is 5.02 Å². The van der Waals surface area contributed by atoms with E-state index in [0.717, 1.165) is 35.1 Å². The van der Waals surface area contributed by atoms with Gasteiger partial charge in [-0.25, -0.2) is 9.78 Å². The van der Waals surface area contributed by atoms with Gasteiger partial charge in [-0.1, -0.05) is 35.9 Å². The third-order valence-electron chi connectivity index (χ3n) is 4.94. The molecule has 2 aromatic carbocycles. The number of halogens is 1. The lowest BCUT2D eigenvalue weighted by Gasteiger charge is -2.36. The minimum absolute atomic E-state index is 0.0359. The lowest BCUT2D eigenvalue weighted by molar-refractivity contribution is 0.194. The molecule has 1 saturated heterocycles. The number of benzene rings is 2. The number of carbonyl (C=O) groups is 1. The van der Waals surface area contributed by atoms with E-state index in [4.69, 9.17) is 11.6 Å². The SMILES string of the molecule is O=C(NCc1ccccc1-n1ccnc1)N1CCN(c2cccc(Cl)c2)CC1. The summed E-state index contributed by atoms with van der Waals surface area (Å²) in [5, 5.41) is 3.78. The number of hydrogen-bond acceptors (Lipinski definition) is 3. The Morgan fingerprint density at radius 2 is 1.89 bits per heavy atom. The predicted molar refractivity (Wildman–Crippen MR) is 111 cm³/mol. The number of anilines is 1. The number of nitrogens with zero attached hydrogens (tertiary/aromatic N) is 4. The van der Waals surface area contributed by atoms with Crippen molar-refractivity contribution in [2.75, 3.05) is 31.1 Å². The van der Waals surface area contributed by atoms with Gasteiger partial charge in [-0.2, -0.15) is 0 Å². The van der Waals surface area contributed by atoms with E-state index in [1.54, 1.807) is 12.5 Å². The van der Waals surface area contributed by atoms with E-state index in [2.05, 4.69) is 21.3 Å². The molecule has 2 heterocycles. The van der Waals surface area contributed by atoms with Crippen LogP contribution < -0.4 is 10.2 Å². The molecule has 144 valence electrons. The zero-order valence-corrected chi connectivity index (χ0v) is 16.2. The van der Waals surface area contributed by atoms with Crippen molar-refractivity contribution in [2.45, 2.75) is 6.54 Å². The van der Waals surface area contributed by atoms with Crippen molar-refractivity contribution in [3.05, 3.63) is 77.8 Å². The van der Waals surface area contributed by atoms with Crippen LogP contribution in [-0.2, 0) is 6.54 Å². The zero-order valence-electron chi connectivity index (χ0n) is 15.5. The van der Waals surface area contributed by atoms with E-state index in [1.807, 2.05) is 58.1 Å². The fraction of sp³-hybridized carbons (Fsp3) is 0.238. The topological polar surface area (TPSA) is 53.4 Å². The average molecular weight is 396 g/mol. The van der Waals surface area contributed by atoms with E-state index < -0.39 is 0 Å². The summed E-state index contributed by atoms with van der Waals surface area (Å²) in [6.07, 6.45) is 5.40. The Kier molecular flexibility index (Phi) is 5.48. The van der Waals surface area contributed by atoms with Crippen LogP contribution in [0.3, 0.4) is 0 Å². The molecule has 1 aliphatic rings. The minimum atomic E-state index is -0.0359. The Balaban J connectivity index is 1.34. The number of hydrogen-bond donors (Lipinski definition) is 1. The maximum Gasteiger partial charge on any atom is 0.317 e. The maximum absolute atomic E-state index is 12.6. The van der Waals surface area contributed by atoms with Gasteiger partial charge in [0.15, 0.2) is 0 Å². The molecule has 0 atom stereocenters. The molecule has 1 N–H and O–H groups in total. The molecule has 28 heavy (non-hydrogen) atoms. The number of imidazole rings is 1. The number of rotatable bonds is 4. The smallest absolute Gasteiger partial charge is 0.317 e. The van der Waals surface area contributed by atoms with Gasteiger partial charge in [-0.05, 0) is 29.8 Å². The van der Waals surface area contributed by atoms with Gasteiger partial charge in [0.05, 0.1) is 12.0 Å². The van der Waals surface area contributed by atoms with Gasteiger partial charge in [-0.3, -0.25) is 0 Å². The van der Waals surface area contributed by atoms with Crippen LogP contribution in [-0.4, -0.2) is 46.7 Å². The number of carbonyl (C=O) groups excluding carboxylic acids is 1. The molecule has 0 saturated carbocycles. The minimum Gasteiger partial charge on any atom is -0.368 e. The van der Waals surface area contributed by atoms with Gasteiger partial charge in [0.2, 0.25) is 0 Å². The largest absolute Gasteiger partial charge is 0.368 e. The molecule has 0 spiro atoms. The quantitative estimate of drug-likeness (QED) is 0.734. The van der Waals surface area contributed by atoms with Gasteiger partial charge in [0.1, 0.15) is 0 Å². The van der Waals surface area contributed by atoms with Gasteiger partial charge < -0.3 is 19.7 Å². The summed E-state index contributed by atoms with van der Waals surface area (Å²) in [6.45, 7) is 3.42. The fourth-order valence-electron chi connectivity index (χ4n) is 3.44. The molecule has 7 heteroatoms. The first kappa shape index (κ1) is 18.4. The summed E-state index contributed by atoms with van der Waals surface area (Å²) in [6, 6.07) is 15.8. The Hall–Kier alpha value is -2.99. The number of aromatic nitrogens is 2. The second-order valence-corrected chi connectivity index (χ2v) is 7.15. The van der Waals surface area contributed by atoms with Crippen molar-refractivity contribution in [3.63, 3.8) is 0 Å². The first-order chi connectivity index (χ1) is 13.7. The predicted octanol–water partition coefficient (Wildman–Crippen LogP) is 3.56. The van der Waals surface area contributed by atoms with Crippen molar-refractivity contribution < 1.29 is 4.79 Å². The Morgan fingerprint density at radius 3 is 2.64 bits per heavy atom. The summed E-state index contributed by atoms with van der Waals surface area (Å²) in [5.74, 6) is 0. The molecule has 0 bridgehead atoms. The number of amides is 2. The maximum atomic E-state index is 12.6. The highest BCUT2D eigenvalue weighted by Crippen LogP contribution is 2.21. The van der Waals surface area contributed by atoms with Gasteiger partial charge in [-0.15, -0.1) is 0 Å². The van der Waals surface area contributed by atoms with E-state index >= 15 is 0 Å². The lowest BCUT2D eigenvalue weighted by Crippen LogP contribution is -2.51. The number of nitrogens with one attached hydrogen (secondary N) is 1. The van der Waals surface area contributed by atoms with Gasteiger partial charge in [0.25, 0.3) is 0 Å². The molecule has 3 aromatic rings. The lowest BCUT2D eigenvalue weighted by atomic mass is 10.1. The van der Waals surface area contributed by atoms with Crippen LogP contribution in [0.1, 0.15) is 5.56 Å². The highest BCUT2D eigenvalue weighted by atomic mass is 35.5. The Morgan fingerprint density at radius 1 is 1.07 bits per heavy atom. The molecule has 1 aromatic heterocycles. The molecule has 4 rings (SSSR count). The Labute approximate surface area is 169 Å². The van der Waals surface area contributed by atoms with Gasteiger partial charge >= 0.3 is 6.03 Å². The van der Waals surface area contributed by atoms with Crippen LogP contribution >= 0.6 is 11.6 Å². The van der Waals surface area contributed by atoms with Gasteiger partial charge in [0, 0.05) is 55.8 Å². The molecule has 6 nitrogen and oxygen atoms in total. The summed E-state index contributed by atoms with van der Waals surface area (Å²) in [5.41, 5.74) is 3.17. The normalized spacial score (nSPS) is 14.2. The van der Waals surface area contributed by atoms with Crippen LogP contribution in [0.5, 0.6) is 0 Å². The first-order valence-electron chi connectivity index (χ1n) is 9.30. The first-order valence-corrected chi connectivity index (χ1v) is 9.68. The summed E-state index contributed by atoms with van der Waals surface area (Å²) in [7, 11) is 0. The average Bonchev–Trinajstić information content (AvgIpc) is 3.27. The number of para-hydroxylation sites is 1. The molecule has 0 unspecified atom stereocenters. The van der Waals surface area contributed by atoms with Crippen molar-refractivity contribution in [1.82, 2.24) is 19.8 Å². The monoisotopic (exact) mass is 395 g/mol. The molecular formula is C21H22ClN5O. The Bertz CT molecular complexity index is 935. The third-order valence-corrected chi connectivity index (χ3v) is 5.18. The van der Waals surface area contributed by atoms with Crippen LogP contribution in [0.15, 0.2) is 67.3 Å². The summed E-state index contributed by atoms with van der Waals surface area (Å²) >= 11 is 6.09. The van der Waals surface area contributed by atoms with Crippen molar-refractivity contribution in [3.8, 4) is 5.69 Å². The standard InChI is InChI=1S/C21H22ClN5O/c22-18-5-3-6-19(14-18)25-10-12-26(13-11-25)21(28)24-15-17-4-1-2-7-20(17)27-9-8-23-16-27/h1-9,14,16H,10-13,15H2,(H,24,28). The van der Waals surface area contributed by atoms with E-state index in [-0.39, 0.29) is 6.03 Å². The zero-order chi connectivity index (χ0) is 19.3. The molecule has 0 aliphatic carbocycles. The van der Waals surface area contributed by atoms with Crippen molar-refractivity contribution in [1.29, 1.82) is 0 Å². The van der Waals surface area contributed by atoms with Crippen LogP contribution in [0, 0.1) is 0 Å². The summed E-state index contributed by atoms with van der Waals surface area (Å²) in [4.78, 5) is 20.8. The highest BCUT2D eigenvalue weighted by Gasteiger charge is 2.21. The molecule has 2 amide bonds. The second-order valence-electron chi connectivity index (χ2n) is 6.71. The second kappa shape index (κ2) is 8.35. The number of piperazine rings is 1. The van der Waals surface area contributed by atoms with E-state index in [1.165, 1.54) is 0 Å². The van der Waals surface area contributed by atoms with Crippen molar-refractivity contribution in [2.24, 2.45) is 0 Å².